The van der Waals surface area contributed by atoms with Gasteiger partial charge in [-0.3, -0.25) is 13.9 Å². The number of hydrogen-bond donors (Lipinski definition) is 1. The zero-order valence-electron chi connectivity index (χ0n) is 23.4. The van der Waals surface area contributed by atoms with Crippen molar-refractivity contribution in [1.82, 2.24) is 10.2 Å². The molecule has 1 N–H and O–H groups in total. The Hall–Kier alpha value is -3.27. The van der Waals surface area contributed by atoms with Crippen LogP contribution in [0.1, 0.15) is 57.4 Å². The molecule has 0 radical (unpaired) electrons. The van der Waals surface area contributed by atoms with Crippen LogP contribution in [0.15, 0.2) is 48.5 Å². The van der Waals surface area contributed by atoms with Gasteiger partial charge in [-0.2, -0.15) is 0 Å². The van der Waals surface area contributed by atoms with Crippen LogP contribution in [0, 0.1) is 0 Å². The molecule has 1 unspecified atom stereocenters. The van der Waals surface area contributed by atoms with Crippen molar-refractivity contribution in [3.63, 3.8) is 0 Å². The summed E-state index contributed by atoms with van der Waals surface area (Å²) in [5.41, 5.74) is 1.37. The van der Waals surface area contributed by atoms with Gasteiger partial charge in [0, 0.05) is 25.6 Å². The predicted molar refractivity (Wildman–Crippen MR) is 152 cm³/mol. The molecule has 1 fully saturated rings. The lowest BCUT2D eigenvalue weighted by Crippen LogP contribution is -2.50. The summed E-state index contributed by atoms with van der Waals surface area (Å²) >= 11 is 0. The fourth-order valence-electron chi connectivity index (χ4n) is 4.83. The number of sulfonamides is 1. The number of anilines is 1. The number of nitrogens with one attached hydrogen (secondary N) is 1. The second-order valence-corrected chi connectivity index (χ2v) is 11.9. The maximum absolute atomic E-state index is 13.5. The Morgan fingerprint density at radius 3 is 2.05 bits per heavy atom. The van der Waals surface area contributed by atoms with Crippen LogP contribution in [0.4, 0.5) is 5.69 Å². The maximum atomic E-state index is 13.5. The molecular weight excluding hydrogens is 518 g/mol. The van der Waals surface area contributed by atoms with Gasteiger partial charge in [0.25, 0.3) is 0 Å². The highest BCUT2D eigenvalue weighted by Gasteiger charge is 2.28. The van der Waals surface area contributed by atoms with E-state index in [1.807, 2.05) is 24.3 Å². The van der Waals surface area contributed by atoms with Gasteiger partial charge in [0.1, 0.15) is 17.5 Å². The third-order valence-corrected chi connectivity index (χ3v) is 8.34. The molecule has 0 saturated heterocycles. The minimum absolute atomic E-state index is 0.0966. The molecule has 1 aliphatic carbocycles. The van der Waals surface area contributed by atoms with Crippen LogP contribution in [0.2, 0.25) is 0 Å². The molecule has 2 amide bonds. The van der Waals surface area contributed by atoms with Crippen molar-refractivity contribution in [1.29, 1.82) is 0 Å². The van der Waals surface area contributed by atoms with Gasteiger partial charge in [-0.25, -0.2) is 8.42 Å². The van der Waals surface area contributed by atoms with E-state index in [4.69, 9.17) is 9.47 Å². The maximum Gasteiger partial charge on any atom is 0.242 e. The van der Waals surface area contributed by atoms with Crippen molar-refractivity contribution in [3.05, 3.63) is 54.1 Å². The van der Waals surface area contributed by atoms with Gasteiger partial charge in [-0.1, -0.05) is 31.4 Å². The lowest BCUT2D eigenvalue weighted by Gasteiger charge is -2.31. The van der Waals surface area contributed by atoms with Gasteiger partial charge in [-0.05, 0) is 68.1 Å². The predicted octanol–water partition coefficient (Wildman–Crippen LogP) is 4.12. The normalized spacial score (nSPS) is 14.8. The lowest BCUT2D eigenvalue weighted by atomic mass is 9.95. The monoisotopic (exact) mass is 559 g/mol. The Balaban J connectivity index is 1.71. The van der Waals surface area contributed by atoms with Crippen molar-refractivity contribution < 1.29 is 27.5 Å². The summed E-state index contributed by atoms with van der Waals surface area (Å²) in [6.45, 7) is 2.14. The Kier molecular flexibility index (Phi) is 11.0. The molecule has 1 aliphatic rings. The number of benzene rings is 2. The number of carbonyl (C=O) groups is 2. The molecule has 0 aromatic heterocycles. The van der Waals surface area contributed by atoms with Crippen LogP contribution in [-0.2, 0) is 26.2 Å². The number of ether oxygens (including phenoxy) is 2. The summed E-state index contributed by atoms with van der Waals surface area (Å²) in [6.07, 6.45) is 6.83. The van der Waals surface area contributed by atoms with Crippen molar-refractivity contribution in [2.45, 2.75) is 70.5 Å². The fourth-order valence-corrected chi connectivity index (χ4v) is 5.80. The first-order valence-electron chi connectivity index (χ1n) is 13.5. The first kappa shape index (κ1) is 30.3. The number of carbonyl (C=O) groups excluding carboxylic acids is 2. The molecule has 0 spiro atoms. The molecule has 2 aromatic rings. The Morgan fingerprint density at radius 2 is 1.51 bits per heavy atom. The summed E-state index contributed by atoms with van der Waals surface area (Å²) in [7, 11) is -0.429. The highest BCUT2D eigenvalue weighted by atomic mass is 32.2. The van der Waals surface area contributed by atoms with Crippen LogP contribution in [0.5, 0.6) is 11.5 Å². The molecule has 214 valence electrons. The summed E-state index contributed by atoms with van der Waals surface area (Å²) in [6, 6.07) is 13.6. The average Bonchev–Trinajstić information content (AvgIpc) is 2.94. The van der Waals surface area contributed by atoms with Crippen LogP contribution in [0.3, 0.4) is 0 Å². The van der Waals surface area contributed by atoms with E-state index >= 15 is 0 Å². The highest BCUT2D eigenvalue weighted by Crippen LogP contribution is 2.23. The van der Waals surface area contributed by atoms with Gasteiger partial charge in [0.05, 0.1) is 26.2 Å². The van der Waals surface area contributed by atoms with Crippen molar-refractivity contribution in [2.24, 2.45) is 0 Å². The number of nitrogens with zero attached hydrogens (tertiary/aromatic N) is 2. The molecule has 1 atom stereocenters. The SMILES string of the molecule is COc1ccc(CN(C(=O)CCCN(c2ccc(OC)cc2)S(C)(=O)=O)C(C)C(=O)NC2CCCCC2)cc1. The van der Waals surface area contributed by atoms with E-state index < -0.39 is 16.1 Å². The molecule has 9 nitrogen and oxygen atoms in total. The number of rotatable bonds is 13. The summed E-state index contributed by atoms with van der Waals surface area (Å²) in [5.74, 6) is 0.955. The smallest absolute Gasteiger partial charge is 0.242 e. The zero-order chi connectivity index (χ0) is 28.4. The van der Waals surface area contributed by atoms with Gasteiger partial charge >= 0.3 is 0 Å². The standard InChI is InChI=1S/C29H41N3O6S/c1-22(29(34)30-24-9-6-5-7-10-24)31(21-23-12-16-26(37-2)17-13-23)28(33)11-8-20-32(39(4,35)36)25-14-18-27(38-3)19-15-25/h12-19,22,24H,5-11,20-21H2,1-4H3,(H,30,34). The third kappa shape index (κ3) is 8.88. The Morgan fingerprint density at radius 1 is 0.949 bits per heavy atom. The number of methoxy groups -OCH3 is 2. The summed E-state index contributed by atoms with van der Waals surface area (Å²) < 4.78 is 36.7. The van der Waals surface area contributed by atoms with Crippen LogP contribution in [-0.4, -0.2) is 64.2 Å². The van der Waals surface area contributed by atoms with E-state index in [9.17, 15) is 18.0 Å². The fraction of sp³-hybridized carbons (Fsp3) is 0.517. The molecule has 0 heterocycles. The summed E-state index contributed by atoms with van der Waals surface area (Å²) in [4.78, 5) is 28.3. The topological polar surface area (TPSA) is 105 Å². The molecule has 39 heavy (non-hydrogen) atoms. The van der Waals surface area contributed by atoms with Crippen LogP contribution < -0.4 is 19.1 Å². The Labute approximate surface area is 232 Å². The van der Waals surface area contributed by atoms with E-state index in [-0.39, 0.29) is 37.4 Å². The van der Waals surface area contributed by atoms with E-state index in [2.05, 4.69) is 5.32 Å². The van der Waals surface area contributed by atoms with Crippen molar-refractivity contribution >= 4 is 27.5 Å². The summed E-state index contributed by atoms with van der Waals surface area (Å²) in [5, 5.41) is 3.13. The van der Waals surface area contributed by atoms with E-state index in [0.717, 1.165) is 37.5 Å². The minimum Gasteiger partial charge on any atom is -0.497 e. The highest BCUT2D eigenvalue weighted by molar-refractivity contribution is 7.92. The molecule has 1 saturated carbocycles. The zero-order valence-corrected chi connectivity index (χ0v) is 24.2. The van der Waals surface area contributed by atoms with Gasteiger partial charge in [0.2, 0.25) is 21.8 Å². The van der Waals surface area contributed by atoms with Gasteiger partial charge in [-0.15, -0.1) is 0 Å². The van der Waals surface area contributed by atoms with E-state index in [0.29, 0.717) is 23.6 Å². The average molecular weight is 560 g/mol. The van der Waals surface area contributed by atoms with Crippen LogP contribution in [0.25, 0.3) is 0 Å². The van der Waals surface area contributed by atoms with Crippen LogP contribution >= 0.6 is 0 Å². The van der Waals surface area contributed by atoms with Gasteiger partial charge in [0.15, 0.2) is 0 Å². The largest absolute Gasteiger partial charge is 0.497 e. The number of amides is 2. The molecule has 0 bridgehead atoms. The van der Waals surface area contributed by atoms with Crippen molar-refractivity contribution in [3.8, 4) is 11.5 Å². The lowest BCUT2D eigenvalue weighted by molar-refractivity contribution is -0.141. The molecule has 0 aliphatic heterocycles. The first-order chi connectivity index (χ1) is 18.6. The second-order valence-electron chi connectivity index (χ2n) is 10.0. The van der Waals surface area contributed by atoms with E-state index in [1.54, 1.807) is 50.3 Å². The van der Waals surface area contributed by atoms with E-state index in [1.165, 1.54) is 10.7 Å². The number of hydrogen-bond acceptors (Lipinski definition) is 6. The van der Waals surface area contributed by atoms with Crippen molar-refractivity contribution in [2.75, 3.05) is 31.3 Å². The first-order valence-corrected chi connectivity index (χ1v) is 15.3. The molecule has 3 rings (SSSR count). The third-order valence-electron chi connectivity index (χ3n) is 7.14. The second kappa shape index (κ2) is 14.2. The van der Waals surface area contributed by atoms with Gasteiger partial charge < -0.3 is 19.7 Å². The molecule has 10 heteroatoms. The molecule has 2 aromatic carbocycles. The minimum atomic E-state index is -3.57. The Bertz CT molecular complexity index is 1180. The molecular formula is C29H41N3O6S. The quantitative estimate of drug-likeness (QED) is 0.396.